The van der Waals surface area contributed by atoms with Gasteiger partial charge in [0.05, 0.1) is 10.7 Å². The third kappa shape index (κ3) is 6.93. The summed E-state index contributed by atoms with van der Waals surface area (Å²) < 4.78 is 0. The Hall–Kier alpha value is -3.19. The third-order valence-corrected chi connectivity index (χ3v) is 5.43. The van der Waals surface area contributed by atoms with Crippen molar-refractivity contribution in [2.75, 3.05) is 6.54 Å². The Bertz CT molecular complexity index is 1010. The van der Waals surface area contributed by atoms with E-state index in [1.165, 1.54) is 0 Å². The standard InChI is InChI=1S/C24H28N4O2S/c1-16(2)27-24(30)26-14-19-6-10-21(11-7-19)23(29)25-13-12-18-4-8-20(9-5-18)22-15-31-17(3)28-22/h4-11,15-16H,12-14H2,1-3H3,(H,25,29)(H2,26,27,30). The van der Waals surface area contributed by atoms with E-state index < -0.39 is 0 Å². The Balaban J connectivity index is 1.43. The second-order valence-electron chi connectivity index (χ2n) is 7.63. The van der Waals surface area contributed by atoms with Crippen molar-refractivity contribution in [3.8, 4) is 11.3 Å². The van der Waals surface area contributed by atoms with Crippen molar-refractivity contribution in [2.45, 2.75) is 39.8 Å². The van der Waals surface area contributed by atoms with E-state index in [4.69, 9.17) is 0 Å². The van der Waals surface area contributed by atoms with Crippen molar-refractivity contribution >= 4 is 23.3 Å². The zero-order chi connectivity index (χ0) is 22.2. The first-order valence-corrected chi connectivity index (χ1v) is 11.2. The maximum absolute atomic E-state index is 12.4. The molecule has 1 heterocycles. The number of hydrogen-bond donors (Lipinski definition) is 3. The molecule has 6 nitrogen and oxygen atoms in total. The molecule has 0 bridgehead atoms. The lowest BCUT2D eigenvalue weighted by molar-refractivity contribution is 0.0954. The molecule has 0 aliphatic carbocycles. The molecule has 31 heavy (non-hydrogen) atoms. The molecule has 3 rings (SSSR count). The van der Waals surface area contributed by atoms with Crippen LogP contribution < -0.4 is 16.0 Å². The molecule has 3 amide bonds. The Morgan fingerprint density at radius 3 is 2.26 bits per heavy atom. The zero-order valence-corrected chi connectivity index (χ0v) is 18.9. The van der Waals surface area contributed by atoms with Crippen molar-refractivity contribution in [1.82, 2.24) is 20.9 Å². The SMILES string of the molecule is Cc1nc(-c2ccc(CCNC(=O)c3ccc(CNC(=O)NC(C)C)cc3)cc2)cs1. The predicted octanol–water partition coefficient (Wildman–Crippen LogP) is 4.30. The molecule has 0 aliphatic rings. The van der Waals surface area contributed by atoms with E-state index in [9.17, 15) is 9.59 Å². The highest BCUT2D eigenvalue weighted by Gasteiger charge is 2.07. The molecular formula is C24H28N4O2S. The van der Waals surface area contributed by atoms with Crippen LogP contribution in [0.1, 0.15) is 40.3 Å². The van der Waals surface area contributed by atoms with Crippen molar-refractivity contribution < 1.29 is 9.59 Å². The second-order valence-corrected chi connectivity index (χ2v) is 8.70. The van der Waals surface area contributed by atoms with Crippen molar-refractivity contribution in [2.24, 2.45) is 0 Å². The molecule has 2 aromatic carbocycles. The average molecular weight is 437 g/mol. The molecule has 3 N–H and O–H groups in total. The molecule has 3 aromatic rings. The van der Waals surface area contributed by atoms with Crippen LogP contribution in [0.15, 0.2) is 53.9 Å². The lowest BCUT2D eigenvalue weighted by atomic mass is 10.1. The number of nitrogens with zero attached hydrogens (tertiary/aromatic N) is 1. The average Bonchev–Trinajstić information content (AvgIpc) is 3.19. The van der Waals surface area contributed by atoms with E-state index in [-0.39, 0.29) is 18.0 Å². The summed E-state index contributed by atoms with van der Waals surface area (Å²) >= 11 is 1.65. The highest BCUT2D eigenvalue weighted by atomic mass is 32.1. The van der Waals surface area contributed by atoms with Gasteiger partial charge in [-0.1, -0.05) is 36.4 Å². The molecule has 0 saturated carbocycles. The minimum absolute atomic E-state index is 0.0891. The fourth-order valence-corrected chi connectivity index (χ4v) is 3.65. The highest BCUT2D eigenvalue weighted by molar-refractivity contribution is 7.09. The van der Waals surface area contributed by atoms with Crippen LogP contribution in [0.25, 0.3) is 11.3 Å². The number of thiazole rings is 1. The molecule has 0 aliphatic heterocycles. The molecule has 0 radical (unpaired) electrons. The summed E-state index contributed by atoms with van der Waals surface area (Å²) in [5, 5.41) is 11.6. The van der Waals surface area contributed by atoms with Gasteiger partial charge in [-0.2, -0.15) is 0 Å². The summed E-state index contributed by atoms with van der Waals surface area (Å²) in [4.78, 5) is 28.5. The number of benzene rings is 2. The van der Waals surface area contributed by atoms with E-state index in [1.54, 1.807) is 23.5 Å². The summed E-state index contributed by atoms with van der Waals surface area (Å²) in [5.41, 5.74) is 4.81. The zero-order valence-electron chi connectivity index (χ0n) is 18.1. The smallest absolute Gasteiger partial charge is 0.315 e. The number of hydrogen-bond acceptors (Lipinski definition) is 4. The second kappa shape index (κ2) is 10.7. The molecular weight excluding hydrogens is 408 g/mol. The maximum atomic E-state index is 12.4. The molecule has 0 fully saturated rings. The lowest BCUT2D eigenvalue weighted by Gasteiger charge is -2.10. The van der Waals surface area contributed by atoms with Crippen molar-refractivity contribution in [1.29, 1.82) is 0 Å². The van der Waals surface area contributed by atoms with Gasteiger partial charge in [0.15, 0.2) is 0 Å². The van der Waals surface area contributed by atoms with Crippen LogP contribution in [0.3, 0.4) is 0 Å². The van der Waals surface area contributed by atoms with E-state index in [0.29, 0.717) is 18.7 Å². The Morgan fingerprint density at radius 1 is 0.968 bits per heavy atom. The van der Waals surface area contributed by atoms with Crippen LogP contribution in [0, 0.1) is 6.92 Å². The predicted molar refractivity (Wildman–Crippen MR) is 125 cm³/mol. The molecule has 0 saturated heterocycles. The van der Waals surface area contributed by atoms with E-state index in [0.717, 1.165) is 33.8 Å². The van der Waals surface area contributed by atoms with Crippen LogP contribution in [0.2, 0.25) is 0 Å². The normalized spacial score (nSPS) is 10.7. The number of carbonyl (C=O) groups is 2. The van der Waals surface area contributed by atoms with Gasteiger partial charge in [0.1, 0.15) is 0 Å². The number of rotatable bonds is 8. The Labute approximate surface area is 187 Å². The number of urea groups is 1. The number of amides is 3. The summed E-state index contributed by atoms with van der Waals surface area (Å²) in [6.45, 7) is 6.79. The topological polar surface area (TPSA) is 83.1 Å². The van der Waals surface area contributed by atoms with Gasteiger partial charge in [-0.05, 0) is 50.5 Å². The number of aromatic nitrogens is 1. The van der Waals surface area contributed by atoms with Gasteiger partial charge in [0.2, 0.25) is 0 Å². The number of carbonyl (C=O) groups excluding carboxylic acids is 2. The van der Waals surface area contributed by atoms with Gasteiger partial charge in [-0.15, -0.1) is 11.3 Å². The fraction of sp³-hybridized carbons (Fsp3) is 0.292. The fourth-order valence-electron chi connectivity index (χ4n) is 3.03. The van der Waals surface area contributed by atoms with Gasteiger partial charge in [-0.25, -0.2) is 9.78 Å². The molecule has 7 heteroatoms. The van der Waals surface area contributed by atoms with E-state index in [1.807, 2.05) is 32.9 Å². The van der Waals surface area contributed by atoms with E-state index in [2.05, 4.69) is 50.6 Å². The Morgan fingerprint density at radius 2 is 1.65 bits per heavy atom. The highest BCUT2D eigenvalue weighted by Crippen LogP contribution is 2.21. The van der Waals surface area contributed by atoms with Crippen molar-refractivity contribution in [3.05, 3.63) is 75.6 Å². The van der Waals surface area contributed by atoms with Crippen LogP contribution in [-0.2, 0) is 13.0 Å². The molecule has 0 spiro atoms. The molecule has 162 valence electrons. The van der Waals surface area contributed by atoms with Gasteiger partial charge in [0, 0.05) is 35.6 Å². The largest absolute Gasteiger partial charge is 0.352 e. The molecule has 1 aromatic heterocycles. The first kappa shape index (κ1) is 22.5. The number of aryl methyl sites for hydroxylation is 1. The summed E-state index contributed by atoms with van der Waals surface area (Å²) in [7, 11) is 0. The Kier molecular flexibility index (Phi) is 7.78. The van der Waals surface area contributed by atoms with Crippen LogP contribution in [-0.4, -0.2) is 29.5 Å². The first-order valence-electron chi connectivity index (χ1n) is 10.3. The number of nitrogens with one attached hydrogen (secondary N) is 3. The van der Waals surface area contributed by atoms with Crippen molar-refractivity contribution in [3.63, 3.8) is 0 Å². The molecule has 0 unspecified atom stereocenters. The van der Waals surface area contributed by atoms with Gasteiger partial charge >= 0.3 is 6.03 Å². The maximum Gasteiger partial charge on any atom is 0.315 e. The quantitative estimate of drug-likeness (QED) is 0.492. The van der Waals surface area contributed by atoms with E-state index >= 15 is 0 Å². The summed E-state index contributed by atoms with van der Waals surface area (Å²) in [6, 6.07) is 15.4. The van der Waals surface area contributed by atoms with Gasteiger partial charge in [0.25, 0.3) is 5.91 Å². The van der Waals surface area contributed by atoms with Gasteiger partial charge in [-0.3, -0.25) is 4.79 Å². The monoisotopic (exact) mass is 436 g/mol. The lowest BCUT2D eigenvalue weighted by Crippen LogP contribution is -2.39. The third-order valence-electron chi connectivity index (χ3n) is 4.66. The minimum atomic E-state index is -0.202. The minimum Gasteiger partial charge on any atom is -0.352 e. The van der Waals surface area contributed by atoms with Crippen LogP contribution in [0.5, 0.6) is 0 Å². The van der Waals surface area contributed by atoms with Crippen LogP contribution >= 0.6 is 11.3 Å². The summed E-state index contributed by atoms with van der Waals surface area (Å²) in [6.07, 6.45) is 0.759. The van der Waals surface area contributed by atoms with Crippen LogP contribution in [0.4, 0.5) is 4.79 Å². The summed E-state index contributed by atoms with van der Waals surface area (Å²) in [5.74, 6) is -0.105. The molecule has 0 atom stereocenters. The van der Waals surface area contributed by atoms with Gasteiger partial charge < -0.3 is 16.0 Å². The first-order chi connectivity index (χ1) is 14.9.